The highest BCUT2D eigenvalue weighted by Crippen LogP contribution is 2.24. The third-order valence-electron chi connectivity index (χ3n) is 4.10. The molecule has 0 unspecified atom stereocenters. The molecule has 4 rings (SSSR count). The van der Waals surface area contributed by atoms with E-state index in [-0.39, 0.29) is 5.82 Å². The monoisotopic (exact) mass is 336 g/mol. The van der Waals surface area contributed by atoms with Crippen molar-refractivity contribution in [1.82, 2.24) is 19.9 Å². The van der Waals surface area contributed by atoms with Crippen molar-refractivity contribution in [3.8, 4) is 11.4 Å². The molecule has 4 heterocycles. The Bertz CT molecular complexity index is 861. The van der Waals surface area contributed by atoms with Gasteiger partial charge in [-0.1, -0.05) is 0 Å². The maximum Gasteiger partial charge on any atom is 0.150 e. The lowest BCUT2D eigenvalue weighted by atomic mass is 10.2. The molecule has 126 valence electrons. The zero-order chi connectivity index (χ0) is 17.1. The summed E-state index contributed by atoms with van der Waals surface area (Å²) in [4.78, 5) is 19.5. The third-order valence-corrected chi connectivity index (χ3v) is 4.10. The van der Waals surface area contributed by atoms with Gasteiger partial charge in [-0.2, -0.15) is 0 Å². The number of rotatable bonds is 4. The maximum absolute atomic E-state index is 12.9. The predicted octanol–water partition coefficient (Wildman–Crippen LogP) is 3.42. The van der Waals surface area contributed by atoms with Crippen LogP contribution in [0.15, 0.2) is 49.1 Å². The topological polar surface area (TPSA) is 66.8 Å². The molecule has 7 heteroatoms. The van der Waals surface area contributed by atoms with Crippen molar-refractivity contribution in [2.45, 2.75) is 12.8 Å². The summed E-state index contributed by atoms with van der Waals surface area (Å²) < 4.78 is 12.9. The normalized spacial score (nSPS) is 13.9. The van der Waals surface area contributed by atoms with Crippen molar-refractivity contribution in [3.63, 3.8) is 0 Å². The molecule has 0 spiro atoms. The molecular weight excluding hydrogens is 319 g/mol. The van der Waals surface area contributed by atoms with Crippen LogP contribution in [-0.4, -0.2) is 33.0 Å². The van der Waals surface area contributed by atoms with E-state index in [2.05, 4.69) is 30.2 Å². The number of nitrogens with one attached hydrogen (secondary N) is 1. The van der Waals surface area contributed by atoms with Crippen LogP contribution in [0.3, 0.4) is 0 Å². The second-order valence-electron chi connectivity index (χ2n) is 5.87. The number of pyridine rings is 2. The average molecular weight is 336 g/mol. The first-order chi connectivity index (χ1) is 12.3. The Morgan fingerprint density at radius 1 is 0.920 bits per heavy atom. The minimum absolute atomic E-state index is 0.381. The quantitative estimate of drug-likeness (QED) is 0.787. The highest BCUT2D eigenvalue weighted by molar-refractivity contribution is 5.63. The molecule has 3 aromatic heterocycles. The summed E-state index contributed by atoms with van der Waals surface area (Å²) in [5, 5.41) is 3.02. The van der Waals surface area contributed by atoms with Crippen LogP contribution in [0.1, 0.15) is 12.8 Å². The Morgan fingerprint density at radius 3 is 2.60 bits per heavy atom. The minimum atomic E-state index is -0.381. The minimum Gasteiger partial charge on any atom is -0.371 e. The maximum atomic E-state index is 12.9. The lowest BCUT2D eigenvalue weighted by Crippen LogP contribution is -2.17. The van der Waals surface area contributed by atoms with E-state index in [1.165, 1.54) is 18.9 Å². The largest absolute Gasteiger partial charge is 0.371 e. The molecule has 1 aliphatic rings. The van der Waals surface area contributed by atoms with Crippen molar-refractivity contribution in [2.24, 2.45) is 0 Å². The lowest BCUT2D eigenvalue weighted by molar-refractivity contribution is 0.622. The van der Waals surface area contributed by atoms with E-state index in [0.29, 0.717) is 17.3 Å². The van der Waals surface area contributed by atoms with Gasteiger partial charge in [0.15, 0.2) is 5.82 Å². The summed E-state index contributed by atoms with van der Waals surface area (Å²) in [6, 6.07) is 6.95. The van der Waals surface area contributed by atoms with E-state index >= 15 is 0 Å². The van der Waals surface area contributed by atoms with Gasteiger partial charge in [-0.15, -0.1) is 0 Å². The molecule has 0 aromatic carbocycles. The highest BCUT2D eigenvalue weighted by Gasteiger charge is 2.14. The van der Waals surface area contributed by atoms with Crippen molar-refractivity contribution in [3.05, 3.63) is 54.9 Å². The van der Waals surface area contributed by atoms with Gasteiger partial charge >= 0.3 is 0 Å². The van der Waals surface area contributed by atoms with Crippen LogP contribution in [-0.2, 0) is 0 Å². The number of aromatic nitrogens is 4. The van der Waals surface area contributed by atoms with Crippen LogP contribution in [0, 0.1) is 5.82 Å². The second kappa shape index (κ2) is 6.80. The second-order valence-corrected chi connectivity index (χ2v) is 5.87. The van der Waals surface area contributed by atoms with Gasteiger partial charge in [0.05, 0.1) is 24.3 Å². The Hall–Kier alpha value is -3.09. The molecule has 1 saturated heterocycles. The van der Waals surface area contributed by atoms with Crippen LogP contribution in [0.4, 0.5) is 21.7 Å². The van der Waals surface area contributed by atoms with Gasteiger partial charge in [0.1, 0.15) is 17.3 Å². The fourth-order valence-electron chi connectivity index (χ4n) is 2.86. The van der Waals surface area contributed by atoms with E-state index in [1.807, 2.05) is 12.1 Å². The lowest BCUT2D eigenvalue weighted by Gasteiger charge is -2.17. The molecule has 25 heavy (non-hydrogen) atoms. The van der Waals surface area contributed by atoms with Crippen molar-refractivity contribution in [1.29, 1.82) is 0 Å². The summed E-state index contributed by atoms with van der Waals surface area (Å²) in [5.74, 6) is 0.657. The van der Waals surface area contributed by atoms with E-state index in [0.717, 1.165) is 30.7 Å². The van der Waals surface area contributed by atoms with Gasteiger partial charge in [-0.25, -0.2) is 14.4 Å². The summed E-state index contributed by atoms with van der Waals surface area (Å²) in [6.45, 7) is 2.15. The van der Waals surface area contributed by atoms with Crippen molar-refractivity contribution < 1.29 is 4.39 Å². The fourth-order valence-corrected chi connectivity index (χ4v) is 2.86. The Balaban J connectivity index is 1.58. The molecule has 0 saturated carbocycles. The molecule has 1 N–H and O–H groups in total. The molecule has 1 fully saturated rings. The zero-order valence-corrected chi connectivity index (χ0v) is 13.6. The third kappa shape index (κ3) is 3.55. The van der Waals surface area contributed by atoms with E-state index in [4.69, 9.17) is 0 Å². The zero-order valence-electron chi connectivity index (χ0n) is 13.6. The smallest absolute Gasteiger partial charge is 0.150 e. The summed E-state index contributed by atoms with van der Waals surface area (Å²) in [6.07, 6.45) is 8.67. The van der Waals surface area contributed by atoms with Crippen LogP contribution >= 0.6 is 0 Å². The van der Waals surface area contributed by atoms with Gasteiger partial charge in [0.2, 0.25) is 0 Å². The molecule has 0 amide bonds. The molecule has 0 atom stereocenters. The predicted molar refractivity (Wildman–Crippen MR) is 94.2 cm³/mol. The first kappa shape index (κ1) is 15.4. The number of hydrogen-bond acceptors (Lipinski definition) is 6. The van der Waals surface area contributed by atoms with E-state index in [9.17, 15) is 4.39 Å². The molecule has 0 aliphatic carbocycles. The van der Waals surface area contributed by atoms with Crippen LogP contribution < -0.4 is 10.2 Å². The molecular formula is C18H17FN6. The van der Waals surface area contributed by atoms with Gasteiger partial charge in [0, 0.05) is 25.0 Å². The number of halogens is 1. The van der Waals surface area contributed by atoms with Gasteiger partial charge < -0.3 is 10.2 Å². The highest BCUT2D eigenvalue weighted by atomic mass is 19.1. The standard InChI is InChI=1S/C18H17FN6/c19-13-3-4-17(22-10-13)24-18-12-20-11-16(23-18)15-9-14(5-6-21-15)25-7-1-2-8-25/h3-6,9-12H,1-2,7-8H2,(H,22,23,24). The van der Waals surface area contributed by atoms with Gasteiger partial charge in [-0.3, -0.25) is 9.97 Å². The van der Waals surface area contributed by atoms with Crippen LogP contribution in [0.5, 0.6) is 0 Å². The molecule has 0 bridgehead atoms. The van der Waals surface area contributed by atoms with Gasteiger partial charge in [-0.05, 0) is 37.1 Å². The Morgan fingerprint density at radius 2 is 1.80 bits per heavy atom. The molecule has 0 radical (unpaired) electrons. The fraction of sp³-hybridized carbons (Fsp3) is 0.222. The van der Waals surface area contributed by atoms with Crippen LogP contribution in [0.2, 0.25) is 0 Å². The summed E-state index contributed by atoms with van der Waals surface area (Å²) in [5.41, 5.74) is 2.60. The summed E-state index contributed by atoms with van der Waals surface area (Å²) >= 11 is 0. The van der Waals surface area contributed by atoms with E-state index in [1.54, 1.807) is 24.7 Å². The first-order valence-corrected chi connectivity index (χ1v) is 8.20. The Kier molecular flexibility index (Phi) is 4.20. The Labute approximate surface area is 144 Å². The molecule has 1 aliphatic heterocycles. The van der Waals surface area contributed by atoms with Crippen molar-refractivity contribution in [2.75, 3.05) is 23.3 Å². The number of hydrogen-bond donors (Lipinski definition) is 1. The first-order valence-electron chi connectivity index (χ1n) is 8.20. The number of anilines is 3. The van der Waals surface area contributed by atoms with Crippen LogP contribution in [0.25, 0.3) is 11.4 Å². The molecule has 3 aromatic rings. The SMILES string of the molecule is Fc1ccc(Nc2cncc(-c3cc(N4CCCC4)ccn3)n2)nc1. The average Bonchev–Trinajstić information content (AvgIpc) is 3.19. The van der Waals surface area contributed by atoms with E-state index < -0.39 is 0 Å². The van der Waals surface area contributed by atoms with Gasteiger partial charge in [0.25, 0.3) is 0 Å². The van der Waals surface area contributed by atoms with Crippen molar-refractivity contribution >= 4 is 17.3 Å². The number of nitrogens with zero attached hydrogens (tertiary/aromatic N) is 5. The molecule has 6 nitrogen and oxygen atoms in total. The summed E-state index contributed by atoms with van der Waals surface area (Å²) in [7, 11) is 0.